The van der Waals surface area contributed by atoms with E-state index in [1.165, 1.54) is 11.8 Å². The van der Waals surface area contributed by atoms with Crippen LogP contribution in [0.4, 0.5) is 4.39 Å². The molecule has 1 aliphatic rings. The van der Waals surface area contributed by atoms with Gasteiger partial charge in [0.15, 0.2) is 0 Å². The van der Waals surface area contributed by atoms with Gasteiger partial charge in [-0.15, -0.1) is 11.8 Å². The van der Waals surface area contributed by atoms with Crippen molar-refractivity contribution in [3.8, 4) is 0 Å². The standard InChI is InChI=1S/C12H12FNOS/c13-7-8-16-11-4-2-1-3-10(11)12(5-6-12)14-9-15/h1-4H,5-8H2. The maximum atomic E-state index is 12.2. The van der Waals surface area contributed by atoms with Crippen LogP contribution >= 0.6 is 11.8 Å². The van der Waals surface area contributed by atoms with Crippen LogP contribution in [-0.2, 0) is 10.3 Å². The summed E-state index contributed by atoms with van der Waals surface area (Å²) in [4.78, 5) is 15.3. The lowest BCUT2D eigenvalue weighted by Gasteiger charge is -2.13. The molecule has 84 valence electrons. The molecule has 0 atom stereocenters. The molecular formula is C12H12FNOS. The van der Waals surface area contributed by atoms with Gasteiger partial charge in [0.2, 0.25) is 6.08 Å². The summed E-state index contributed by atoms with van der Waals surface area (Å²) in [5.41, 5.74) is 0.679. The van der Waals surface area contributed by atoms with E-state index in [-0.39, 0.29) is 12.2 Å². The Morgan fingerprint density at radius 2 is 2.19 bits per heavy atom. The number of hydrogen-bond acceptors (Lipinski definition) is 3. The average Bonchev–Trinajstić information content (AvgIpc) is 3.08. The maximum absolute atomic E-state index is 12.2. The predicted molar refractivity (Wildman–Crippen MR) is 62.2 cm³/mol. The van der Waals surface area contributed by atoms with E-state index in [1.807, 2.05) is 24.3 Å². The van der Waals surface area contributed by atoms with E-state index < -0.39 is 0 Å². The number of isocyanates is 1. The van der Waals surface area contributed by atoms with Crippen LogP contribution in [0.2, 0.25) is 0 Å². The van der Waals surface area contributed by atoms with E-state index in [2.05, 4.69) is 4.99 Å². The summed E-state index contributed by atoms with van der Waals surface area (Å²) in [5, 5.41) is 0. The van der Waals surface area contributed by atoms with Gasteiger partial charge in [0, 0.05) is 10.6 Å². The summed E-state index contributed by atoms with van der Waals surface area (Å²) >= 11 is 1.47. The molecule has 0 aromatic heterocycles. The van der Waals surface area contributed by atoms with Crippen LogP contribution in [0.3, 0.4) is 0 Å². The lowest BCUT2D eigenvalue weighted by atomic mass is 10.1. The molecule has 0 heterocycles. The van der Waals surface area contributed by atoms with Crippen molar-refractivity contribution in [2.75, 3.05) is 12.4 Å². The predicted octanol–water partition coefficient (Wildman–Crippen LogP) is 3.07. The first-order chi connectivity index (χ1) is 7.82. The summed E-state index contributed by atoms with van der Waals surface area (Å²) in [6, 6.07) is 7.77. The molecule has 0 saturated heterocycles. The quantitative estimate of drug-likeness (QED) is 0.447. The summed E-state index contributed by atoms with van der Waals surface area (Å²) < 4.78 is 12.2. The minimum Gasteiger partial charge on any atom is -0.250 e. The monoisotopic (exact) mass is 237 g/mol. The molecule has 0 unspecified atom stereocenters. The molecule has 1 fully saturated rings. The zero-order valence-corrected chi connectivity index (χ0v) is 9.60. The van der Waals surface area contributed by atoms with Gasteiger partial charge in [-0.05, 0) is 24.5 Å². The lowest BCUT2D eigenvalue weighted by molar-refractivity contribution is 0.532. The molecular weight excluding hydrogens is 225 g/mol. The molecule has 16 heavy (non-hydrogen) atoms. The fourth-order valence-corrected chi connectivity index (χ4v) is 2.66. The minimum absolute atomic E-state index is 0.344. The number of alkyl halides is 1. The SMILES string of the molecule is O=C=NC1(c2ccccc2SCCF)CC1. The number of benzene rings is 1. The van der Waals surface area contributed by atoms with Crippen LogP contribution in [0.25, 0.3) is 0 Å². The first-order valence-corrected chi connectivity index (χ1v) is 6.18. The number of hydrogen-bond donors (Lipinski definition) is 0. The fourth-order valence-electron chi connectivity index (χ4n) is 1.77. The van der Waals surface area contributed by atoms with E-state index in [9.17, 15) is 9.18 Å². The summed E-state index contributed by atoms with van der Waals surface area (Å²) in [5.74, 6) is 0.442. The van der Waals surface area contributed by atoms with E-state index in [0.717, 1.165) is 23.3 Å². The molecule has 1 aromatic carbocycles. The third-order valence-corrected chi connectivity index (χ3v) is 3.73. The highest BCUT2D eigenvalue weighted by molar-refractivity contribution is 7.99. The Morgan fingerprint density at radius 1 is 1.44 bits per heavy atom. The van der Waals surface area contributed by atoms with Gasteiger partial charge in [-0.1, -0.05) is 18.2 Å². The molecule has 0 bridgehead atoms. The zero-order chi connectivity index (χ0) is 11.4. The number of halogens is 1. The summed E-state index contributed by atoms with van der Waals surface area (Å²) in [7, 11) is 0. The third-order valence-electron chi connectivity index (χ3n) is 2.71. The normalized spacial score (nSPS) is 16.6. The van der Waals surface area contributed by atoms with Gasteiger partial charge in [0.05, 0.1) is 12.2 Å². The van der Waals surface area contributed by atoms with E-state index in [0.29, 0.717) is 5.75 Å². The van der Waals surface area contributed by atoms with E-state index in [1.54, 1.807) is 6.08 Å². The summed E-state index contributed by atoms with van der Waals surface area (Å²) in [6.07, 6.45) is 3.41. The Balaban J connectivity index is 2.29. The second-order valence-corrected chi connectivity index (χ2v) is 4.91. The van der Waals surface area contributed by atoms with Gasteiger partial charge in [-0.3, -0.25) is 4.39 Å². The van der Waals surface area contributed by atoms with Crippen molar-refractivity contribution in [1.82, 2.24) is 0 Å². The molecule has 1 saturated carbocycles. The highest BCUT2D eigenvalue weighted by atomic mass is 32.2. The van der Waals surface area contributed by atoms with Crippen molar-refractivity contribution in [1.29, 1.82) is 0 Å². The second-order valence-electron chi connectivity index (χ2n) is 3.77. The highest BCUT2D eigenvalue weighted by Crippen LogP contribution is 2.51. The van der Waals surface area contributed by atoms with Crippen LogP contribution in [0.5, 0.6) is 0 Å². The summed E-state index contributed by atoms with van der Waals surface area (Å²) in [6.45, 7) is -0.344. The van der Waals surface area contributed by atoms with Gasteiger partial charge in [-0.2, -0.15) is 4.99 Å². The van der Waals surface area contributed by atoms with Crippen LogP contribution in [0, 0.1) is 0 Å². The molecule has 1 aromatic rings. The van der Waals surface area contributed by atoms with Crippen molar-refractivity contribution in [3.63, 3.8) is 0 Å². The van der Waals surface area contributed by atoms with Crippen molar-refractivity contribution >= 4 is 17.8 Å². The number of aliphatic imine (C=N–C) groups is 1. The van der Waals surface area contributed by atoms with Gasteiger partial charge < -0.3 is 0 Å². The number of thioether (sulfide) groups is 1. The van der Waals surface area contributed by atoms with Crippen LogP contribution in [0.15, 0.2) is 34.2 Å². The number of nitrogens with zero attached hydrogens (tertiary/aromatic N) is 1. The average molecular weight is 237 g/mol. The smallest absolute Gasteiger partial charge is 0.235 e. The Labute approximate surface area is 98.0 Å². The van der Waals surface area contributed by atoms with Crippen molar-refractivity contribution < 1.29 is 9.18 Å². The lowest BCUT2D eigenvalue weighted by Crippen LogP contribution is -2.04. The van der Waals surface area contributed by atoms with Crippen molar-refractivity contribution in [2.24, 2.45) is 4.99 Å². The van der Waals surface area contributed by atoms with E-state index in [4.69, 9.17) is 0 Å². The first-order valence-electron chi connectivity index (χ1n) is 5.20. The largest absolute Gasteiger partial charge is 0.250 e. The van der Waals surface area contributed by atoms with Gasteiger partial charge >= 0.3 is 0 Å². The van der Waals surface area contributed by atoms with Crippen LogP contribution < -0.4 is 0 Å². The molecule has 0 amide bonds. The Hall–Kier alpha value is -1.12. The van der Waals surface area contributed by atoms with Crippen LogP contribution in [0.1, 0.15) is 18.4 Å². The topological polar surface area (TPSA) is 29.4 Å². The third kappa shape index (κ3) is 2.18. The number of carbonyl (C=O) groups excluding carboxylic acids is 1. The Kier molecular flexibility index (Phi) is 3.42. The van der Waals surface area contributed by atoms with Gasteiger partial charge in [0.1, 0.15) is 0 Å². The molecule has 2 nitrogen and oxygen atoms in total. The van der Waals surface area contributed by atoms with Crippen molar-refractivity contribution in [2.45, 2.75) is 23.3 Å². The van der Waals surface area contributed by atoms with Crippen LogP contribution in [-0.4, -0.2) is 18.5 Å². The Morgan fingerprint density at radius 3 is 2.81 bits per heavy atom. The minimum atomic E-state index is -0.359. The van der Waals surface area contributed by atoms with Gasteiger partial charge in [0.25, 0.3) is 0 Å². The molecule has 0 aliphatic heterocycles. The molecule has 4 heteroatoms. The molecule has 0 radical (unpaired) electrons. The van der Waals surface area contributed by atoms with Crippen molar-refractivity contribution in [3.05, 3.63) is 29.8 Å². The first kappa shape index (κ1) is 11.4. The highest BCUT2D eigenvalue weighted by Gasteiger charge is 2.46. The fraction of sp³-hybridized carbons (Fsp3) is 0.417. The zero-order valence-electron chi connectivity index (χ0n) is 8.78. The molecule has 2 rings (SSSR count). The molecule has 0 spiro atoms. The second kappa shape index (κ2) is 4.81. The molecule has 0 N–H and O–H groups in total. The number of rotatable bonds is 5. The van der Waals surface area contributed by atoms with Gasteiger partial charge in [-0.25, -0.2) is 4.79 Å². The maximum Gasteiger partial charge on any atom is 0.235 e. The Bertz CT molecular complexity index is 425. The van der Waals surface area contributed by atoms with E-state index >= 15 is 0 Å². The molecule has 1 aliphatic carbocycles.